The summed E-state index contributed by atoms with van der Waals surface area (Å²) in [4.78, 5) is 25.5. The molecule has 0 unspecified atom stereocenters. The van der Waals surface area contributed by atoms with Gasteiger partial charge in [-0.3, -0.25) is 9.59 Å². The molecule has 0 aromatic rings. The molecule has 0 radical (unpaired) electrons. The van der Waals surface area contributed by atoms with E-state index in [0.29, 0.717) is 12.8 Å². The summed E-state index contributed by atoms with van der Waals surface area (Å²) in [7, 11) is 0. The van der Waals surface area contributed by atoms with E-state index in [-0.39, 0.29) is 18.4 Å². The molecule has 0 aromatic heterocycles. The van der Waals surface area contributed by atoms with Crippen molar-refractivity contribution in [3.63, 3.8) is 0 Å². The van der Waals surface area contributed by atoms with Gasteiger partial charge in [-0.15, -0.1) is 0 Å². The van der Waals surface area contributed by atoms with Crippen LogP contribution in [-0.4, -0.2) is 47.1 Å². The summed E-state index contributed by atoms with van der Waals surface area (Å²) in [5.41, 5.74) is -1.23. The van der Waals surface area contributed by atoms with Crippen molar-refractivity contribution in [1.82, 2.24) is 10.2 Å². The highest BCUT2D eigenvalue weighted by Crippen LogP contribution is 2.29. The molecule has 18 heavy (non-hydrogen) atoms. The fraction of sp³-hybridized carbons (Fsp3) is 0.846. The van der Waals surface area contributed by atoms with Crippen molar-refractivity contribution in [2.75, 3.05) is 19.6 Å². The van der Waals surface area contributed by atoms with Crippen molar-refractivity contribution in [1.29, 1.82) is 0 Å². The molecule has 1 aliphatic carbocycles. The smallest absolute Gasteiger partial charge is 0.252 e. The first-order valence-corrected chi connectivity index (χ1v) is 6.90. The number of aliphatic hydroxyl groups is 1. The first-order chi connectivity index (χ1) is 8.62. The zero-order valence-corrected chi connectivity index (χ0v) is 10.8. The second-order valence-corrected chi connectivity index (χ2v) is 5.36. The highest BCUT2D eigenvalue weighted by Gasteiger charge is 2.38. The van der Waals surface area contributed by atoms with E-state index in [1.807, 2.05) is 0 Å². The molecule has 1 heterocycles. The number of nitrogens with zero attached hydrogens (tertiary/aromatic N) is 1. The summed E-state index contributed by atoms with van der Waals surface area (Å²) in [5.74, 6) is -0.421. The summed E-state index contributed by atoms with van der Waals surface area (Å²) in [5, 5.41) is 12.6. The van der Waals surface area contributed by atoms with E-state index < -0.39 is 5.60 Å². The minimum Gasteiger partial charge on any atom is -0.380 e. The Morgan fingerprint density at radius 2 is 1.67 bits per heavy atom. The van der Waals surface area contributed by atoms with Gasteiger partial charge in [0, 0.05) is 13.1 Å². The summed E-state index contributed by atoms with van der Waals surface area (Å²) in [6, 6.07) is 0. The fourth-order valence-corrected chi connectivity index (χ4v) is 2.76. The number of nitrogens with one attached hydrogen (secondary N) is 1. The standard InChI is InChI=1S/C13H22N2O3/c16-11(15-8-4-1-5-9-15)10-14-12(17)13(18)6-2-3-7-13/h18H,1-10H2,(H,14,17). The lowest BCUT2D eigenvalue weighted by molar-refractivity contribution is -0.142. The van der Waals surface area contributed by atoms with Crippen LogP contribution in [0.25, 0.3) is 0 Å². The molecule has 102 valence electrons. The van der Waals surface area contributed by atoms with Crippen LogP contribution in [0.3, 0.4) is 0 Å². The Balaban J connectivity index is 1.76. The van der Waals surface area contributed by atoms with Crippen LogP contribution in [0.1, 0.15) is 44.9 Å². The zero-order chi connectivity index (χ0) is 13.0. The second-order valence-electron chi connectivity index (χ2n) is 5.36. The van der Waals surface area contributed by atoms with E-state index >= 15 is 0 Å². The molecular formula is C13H22N2O3. The first kappa shape index (κ1) is 13.3. The van der Waals surface area contributed by atoms with Crippen molar-refractivity contribution < 1.29 is 14.7 Å². The molecule has 2 amide bonds. The third-order valence-electron chi connectivity index (χ3n) is 3.96. The fourth-order valence-electron chi connectivity index (χ4n) is 2.76. The molecule has 0 spiro atoms. The van der Waals surface area contributed by atoms with Gasteiger partial charge >= 0.3 is 0 Å². The molecule has 5 nitrogen and oxygen atoms in total. The Labute approximate surface area is 108 Å². The van der Waals surface area contributed by atoms with Gasteiger partial charge in [-0.05, 0) is 44.9 Å². The number of likely N-dealkylation sites (tertiary alicyclic amines) is 1. The molecule has 0 bridgehead atoms. The third kappa shape index (κ3) is 3.02. The second kappa shape index (κ2) is 5.69. The van der Waals surface area contributed by atoms with Gasteiger partial charge in [-0.25, -0.2) is 0 Å². The molecule has 0 aromatic carbocycles. The van der Waals surface area contributed by atoms with Gasteiger partial charge in [-0.2, -0.15) is 0 Å². The van der Waals surface area contributed by atoms with E-state index in [0.717, 1.165) is 38.8 Å². The topological polar surface area (TPSA) is 69.6 Å². The van der Waals surface area contributed by atoms with Gasteiger partial charge in [0.1, 0.15) is 5.60 Å². The Hall–Kier alpha value is -1.10. The Bertz CT molecular complexity index is 318. The van der Waals surface area contributed by atoms with Crippen molar-refractivity contribution in [3.8, 4) is 0 Å². The summed E-state index contributed by atoms with van der Waals surface area (Å²) in [6.07, 6.45) is 6.05. The van der Waals surface area contributed by atoms with Gasteiger partial charge in [0.2, 0.25) is 5.91 Å². The number of carbonyl (C=O) groups excluding carboxylic acids is 2. The van der Waals surface area contributed by atoms with Gasteiger partial charge in [0.05, 0.1) is 6.54 Å². The van der Waals surface area contributed by atoms with Crippen LogP contribution >= 0.6 is 0 Å². The van der Waals surface area contributed by atoms with Gasteiger partial charge < -0.3 is 15.3 Å². The normalized spacial score (nSPS) is 22.8. The molecule has 1 saturated carbocycles. The maximum atomic E-state index is 11.9. The average Bonchev–Trinajstić information content (AvgIpc) is 2.85. The van der Waals surface area contributed by atoms with Crippen LogP contribution in [0.2, 0.25) is 0 Å². The predicted molar refractivity (Wildman–Crippen MR) is 66.9 cm³/mol. The maximum absolute atomic E-state index is 11.9. The lowest BCUT2D eigenvalue weighted by Gasteiger charge is -2.27. The van der Waals surface area contributed by atoms with Crippen LogP contribution < -0.4 is 5.32 Å². The molecule has 1 saturated heterocycles. The van der Waals surface area contributed by atoms with Crippen LogP contribution in [0, 0.1) is 0 Å². The molecule has 2 aliphatic rings. The summed E-state index contributed by atoms with van der Waals surface area (Å²) < 4.78 is 0. The van der Waals surface area contributed by atoms with E-state index in [4.69, 9.17) is 0 Å². The van der Waals surface area contributed by atoms with Crippen LogP contribution in [0.4, 0.5) is 0 Å². The van der Waals surface area contributed by atoms with Crippen molar-refractivity contribution in [2.24, 2.45) is 0 Å². The van der Waals surface area contributed by atoms with E-state index in [9.17, 15) is 14.7 Å². The van der Waals surface area contributed by atoms with Gasteiger partial charge in [0.15, 0.2) is 0 Å². The van der Waals surface area contributed by atoms with Gasteiger partial charge in [0.25, 0.3) is 5.91 Å². The SMILES string of the molecule is O=C(CNC(=O)C1(O)CCCC1)N1CCCCC1. The minimum atomic E-state index is -1.23. The number of amides is 2. The van der Waals surface area contributed by atoms with Crippen LogP contribution in [0.15, 0.2) is 0 Å². The lowest BCUT2D eigenvalue weighted by atomic mass is 10.0. The largest absolute Gasteiger partial charge is 0.380 e. The Kier molecular flexibility index (Phi) is 4.22. The molecule has 0 atom stereocenters. The number of hydrogen-bond donors (Lipinski definition) is 2. The number of hydrogen-bond acceptors (Lipinski definition) is 3. The van der Waals surface area contributed by atoms with Crippen molar-refractivity contribution >= 4 is 11.8 Å². The average molecular weight is 254 g/mol. The Morgan fingerprint density at radius 3 is 2.28 bits per heavy atom. The van der Waals surface area contributed by atoms with E-state index in [1.165, 1.54) is 6.42 Å². The molecule has 1 aliphatic heterocycles. The summed E-state index contributed by atoms with van der Waals surface area (Å²) in [6.45, 7) is 1.60. The van der Waals surface area contributed by atoms with Crippen molar-refractivity contribution in [2.45, 2.75) is 50.5 Å². The number of piperidine rings is 1. The minimum absolute atomic E-state index is 0.0150. The molecule has 2 rings (SSSR count). The quantitative estimate of drug-likeness (QED) is 0.767. The van der Waals surface area contributed by atoms with Crippen LogP contribution in [0.5, 0.6) is 0 Å². The Morgan fingerprint density at radius 1 is 1.06 bits per heavy atom. The van der Waals surface area contributed by atoms with Crippen molar-refractivity contribution in [3.05, 3.63) is 0 Å². The highest BCUT2D eigenvalue weighted by molar-refractivity contribution is 5.89. The number of rotatable bonds is 3. The van der Waals surface area contributed by atoms with E-state index in [2.05, 4.69) is 5.32 Å². The molecule has 2 fully saturated rings. The summed E-state index contributed by atoms with van der Waals surface area (Å²) >= 11 is 0. The molecule has 2 N–H and O–H groups in total. The predicted octanol–water partition coefficient (Wildman–Crippen LogP) is 0.420. The van der Waals surface area contributed by atoms with Crippen LogP contribution in [-0.2, 0) is 9.59 Å². The van der Waals surface area contributed by atoms with Gasteiger partial charge in [-0.1, -0.05) is 0 Å². The third-order valence-corrected chi connectivity index (χ3v) is 3.96. The van der Waals surface area contributed by atoms with E-state index in [1.54, 1.807) is 4.90 Å². The number of carbonyl (C=O) groups is 2. The first-order valence-electron chi connectivity index (χ1n) is 6.90. The monoisotopic (exact) mass is 254 g/mol. The highest BCUT2D eigenvalue weighted by atomic mass is 16.3. The zero-order valence-electron chi connectivity index (χ0n) is 10.8. The maximum Gasteiger partial charge on any atom is 0.252 e. The lowest BCUT2D eigenvalue weighted by Crippen LogP contribution is -2.49. The molecular weight excluding hydrogens is 232 g/mol. The molecule has 5 heteroatoms.